The topological polar surface area (TPSA) is 49.7 Å². The molecule has 0 aromatic rings. The summed E-state index contributed by atoms with van der Waals surface area (Å²) in [6.07, 6.45) is 13.0. The zero-order valence-corrected chi connectivity index (χ0v) is 15.4. The van der Waals surface area contributed by atoms with Crippen LogP contribution < -0.4 is 0 Å². The highest BCUT2D eigenvalue weighted by Crippen LogP contribution is 2.38. The summed E-state index contributed by atoms with van der Waals surface area (Å²) in [5.41, 5.74) is 0. The SMILES string of the molecule is CCCC/C=C\C[C@@H]1[C@@H](CC[C@H](CCC)OP)[C@H](O)C[C@@H]1O.[3HH]. The first-order valence-corrected chi connectivity index (χ1v) is 9.47. The number of hydrogen-bond acceptors (Lipinski definition) is 3. The molecule has 0 saturated heterocycles. The summed E-state index contributed by atoms with van der Waals surface area (Å²) in [5.74, 6) is 0.394. The molecule has 0 aliphatic heterocycles. The highest BCUT2D eigenvalue weighted by molar-refractivity contribution is 7.09. The average Bonchev–Trinajstić information content (AvgIpc) is 2.77. The quantitative estimate of drug-likeness (QED) is 0.333. The molecule has 4 heteroatoms. The number of allylic oxidation sites excluding steroid dienone is 2. The average molecular weight is 334 g/mol. The van der Waals surface area contributed by atoms with Crippen LogP contribution in [-0.4, -0.2) is 28.5 Å². The Morgan fingerprint density at radius 1 is 1.14 bits per heavy atom. The van der Waals surface area contributed by atoms with Gasteiger partial charge in [-0.2, -0.15) is 0 Å². The number of aliphatic hydroxyl groups excluding tert-OH is 2. The van der Waals surface area contributed by atoms with Gasteiger partial charge in [-0.05, 0) is 50.4 Å². The first-order chi connectivity index (χ1) is 10.6. The molecule has 0 heterocycles. The Kier molecular flexibility index (Phi) is 10.6. The Balaban J connectivity index is 0.00000484. The summed E-state index contributed by atoms with van der Waals surface area (Å²) in [5, 5.41) is 20.5. The highest BCUT2D eigenvalue weighted by atomic mass is 31.0. The van der Waals surface area contributed by atoms with Gasteiger partial charge in [0, 0.05) is 10.9 Å². The van der Waals surface area contributed by atoms with E-state index in [0.29, 0.717) is 6.42 Å². The van der Waals surface area contributed by atoms with Gasteiger partial charge in [0.2, 0.25) is 0 Å². The zero-order valence-electron chi connectivity index (χ0n) is 14.3. The minimum atomic E-state index is -0.365. The lowest BCUT2D eigenvalue weighted by molar-refractivity contribution is 0.0955. The molecule has 132 valence electrons. The van der Waals surface area contributed by atoms with Gasteiger partial charge >= 0.3 is 0 Å². The molecule has 0 spiro atoms. The van der Waals surface area contributed by atoms with Crippen molar-refractivity contribution in [2.45, 2.75) is 89.9 Å². The molecule has 1 aliphatic rings. The normalized spacial score (nSPS) is 30.2. The Hall–Kier alpha value is 0.0500. The second kappa shape index (κ2) is 11.6. The van der Waals surface area contributed by atoms with Crippen LogP contribution in [0.4, 0.5) is 0 Å². The fourth-order valence-electron chi connectivity index (χ4n) is 3.58. The summed E-state index contributed by atoms with van der Waals surface area (Å²) in [4.78, 5) is 0. The minimum Gasteiger partial charge on any atom is -0.393 e. The Morgan fingerprint density at radius 2 is 1.86 bits per heavy atom. The van der Waals surface area contributed by atoms with Crippen LogP contribution in [0.1, 0.15) is 73.1 Å². The van der Waals surface area contributed by atoms with Crippen LogP contribution in [0.2, 0.25) is 0 Å². The Bertz CT molecular complexity index is 315. The fraction of sp³-hybridized carbons (Fsp3) is 0.889. The van der Waals surface area contributed by atoms with Gasteiger partial charge < -0.3 is 14.7 Å². The maximum atomic E-state index is 10.3. The predicted octanol–water partition coefficient (Wildman–Crippen LogP) is 4.48. The van der Waals surface area contributed by atoms with Gasteiger partial charge in [0.1, 0.15) is 0 Å². The van der Waals surface area contributed by atoms with Crippen molar-refractivity contribution in [2.24, 2.45) is 11.8 Å². The molecular formula is C18H37O3P. The lowest BCUT2D eigenvalue weighted by Crippen LogP contribution is -2.23. The molecule has 1 aliphatic carbocycles. The van der Waals surface area contributed by atoms with Crippen LogP contribution in [0.15, 0.2) is 12.2 Å². The van der Waals surface area contributed by atoms with Crippen molar-refractivity contribution in [3.05, 3.63) is 12.2 Å². The molecule has 0 aromatic heterocycles. The molecule has 6 atom stereocenters. The monoisotopic (exact) mass is 334 g/mol. The van der Waals surface area contributed by atoms with E-state index in [-0.39, 0.29) is 31.6 Å². The minimum absolute atomic E-state index is 0. The van der Waals surface area contributed by atoms with E-state index in [9.17, 15) is 10.2 Å². The molecule has 0 radical (unpaired) electrons. The maximum absolute atomic E-state index is 10.3. The number of rotatable bonds is 11. The largest absolute Gasteiger partial charge is 0.393 e. The van der Waals surface area contributed by atoms with Crippen molar-refractivity contribution in [2.75, 3.05) is 0 Å². The molecule has 3 nitrogen and oxygen atoms in total. The molecule has 1 unspecified atom stereocenters. The van der Waals surface area contributed by atoms with E-state index < -0.39 is 0 Å². The van der Waals surface area contributed by atoms with Crippen molar-refractivity contribution < 1.29 is 16.2 Å². The van der Waals surface area contributed by atoms with E-state index in [1.165, 1.54) is 12.8 Å². The van der Waals surface area contributed by atoms with Gasteiger partial charge in [-0.15, -0.1) is 0 Å². The molecule has 1 rings (SSSR count). The van der Waals surface area contributed by atoms with Crippen molar-refractivity contribution in [3.63, 3.8) is 0 Å². The Morgan fingerprint density at radius 3 is 2.50 bits per heavy atom. The van der Waals surface area contributed by atoms with Crippen molar-refractivity contribution in [3.8, 4) is 0 Å². The van der Waals surface area contributed by atoms with E-state index in [4.69, 9.17) is 4.52 Å². The van der Waals surface area contributed by atoms with Crippen LogP contribution in [0.5, 0.6) is 0 Å². The second-order valence-electron chi connectivity index (χ2n) is 6.67. The van der Waals surface area contributed by atoms with E-state index in [1.54, 1.807) is 0 Å². The molecule has 0 aromatic carbocycles. The summed E-state index contributed by atoms with van der Waals surface area (Å²) >= 11 is 0. The van der Waals surface area contributed by atoms with Gasteiger partial charge in [0.05, 0.1) is 18.3 Å². The molecule has 1 fully saturated rings. The third kappa shape index (κ3) is 6.66. The third-order valence-corrected chi connectivity index (χ3v) is 5.33. The van der Waals surface area contributed by atoms with Gasteiger partial charge in [0.25, 0.3) is 0 Å². The Labute approximate surface area is 140 Å². The second-order valence-corrected chi connectivity index (χ2v) is 6.94. The highest BCUT2D eigenvalue weighted by Gasteiger charge is 2.40. The summed E-state index contributed by atoms with van der Waals surface area (Å²) < 4.78 is 5.43. The van der Waals surface area contributed by atoms with Crippen LogP contribution >= 0.6 is 9.47 Å². The molecular weight excluding hydrogens is 295 g/mol. The van der Waals surface area contributed by atoms with E-state index in [2.05, 4.69) is 35.5 Å². The van der Waals surface area contributed by atoms with E-state index >= 15 is 0 Å². The van der Waals surface area contributed by atoms with Crippen molar-refractivity contribution in [1.82, 2.24) is 0 Å². The van der Waals surface area contributed by atoms with Crippen molar-refractivity contribution in [1.29, 1.82) is 0 Å². The van der Waals surface area contributed by atoms with Crippen LogP contribution in [-0.2, 0) is 4.52 Å². The van der Waals surface area contributed by atoms with Crippen molar-refractivity contribution >= 4 is 9.47 Å². The lowest BCUT2D eigenvalue weighted by Gasteiger charge is -2.24. The maximum Gasteiger partial charge on any atom is 0.0610 e. The summed E-state index contributed by atoms with van der Waals surface area (Å²) in [7, 11) is 2.37. The molecule has 0 bridgehead atoms. The van der Waals surface area contributed by atoms with Gasteiger partial charge in [-0.3, -0.25) is 0 Å². The third-order valence-electron chi connectivity index (χ3n) is 4.95. The smallest absolute Gasteiger partial charge is 0.0610 e. The van der Waals surface area contributed by atoms with Gasteiger partial charge in [-0.1, -0.05) is 45.3 Å². The zero-order chi connectivity index (χ0) is 16.4. The lowest BCUT2D eigenvalue weighted by atomic mass is 9.86. The summed E-state index contributed by atoms with van der Waals surface area (Å²) in [6.45, 7) is 4.36. The van der Waals surface area contributed by atoms with E-state index in [1.807, 2.05) is 0 Å². The summed E-state index contributed by atoms with van der Waals surface area (Å²) in [6, 6.07) is 0. The number of aliphatic hydroxyl groups is 2. The van der Waals surface area contributed by atoms with Crippen LogP contribution in [0, 0.1) is 11.8 Å². The fourth-order valence-corrected chi connectivity index (χ4v) is 3.85. The first kappa shape index (κ1) is 20.1. The predicted molar refractivity (Wildman–Crippen MR) is 97.7 cm³/mol. The van der Waals surface area contributed by atoms with Crippen LogP contribution in [0.25, 0.3) is 0 Å². The molecule has 2 N–H and O–H groups in total. The van der Waals surface area contributed by atoms with Gasteiger partial charge in [0.15, 0.2) is 0 Å². The number of hydrogen-bond donors (Lipinski definition) is 2. The molecule has 1 saturated carbocycles. The van der Waals surface area contributed by atoms with E-state index in [0.717, 1.165) is 38.5 Å². The number of unbranched alkanes of at least 4 members (excludes halogenated alkanes) is 2. The van der Waals surface area contributed by atoms with Crippen LogP contribution in [0.3, 0.4) is 0 Å². The molecule has 22 heavy (non-hydrogen) atoms. The first-order valence-electron chi connectivity index (χ1n) is 9.00. The van der Waals surface area contributed by atoms with Gasteiger partial charge in [-0.25, -0.2) is 0 Å². The molecule has 0 amide bonds. The standard InChI is InChI=1S/C18H35O3P.H2/c1-3-5-6-7-8-10-15-16(18(20)13-17(15)19)12-11-14(21-22)9-4-2;/h7-8,14-20H,3-6,9-13,22H2,1-2H3;1H/b8-7-;/t14-,15+,16+,17-,18+;/m0./s1/i;1+2.